The molecule has 1 aliphatic rings. The number of thioether (sulfide) groups is 1. The van der Waals surface area contributed by atoms with E-state index in [4.69, 9.17) is 10.8 Å². The summed E-state index contributed by atoms with van der Waals surface area (Å²) >= 11 is 4.81. The van der Waals surface area contributed by atoms with Crippen molar-refractivity contribution >= 4 is 39.3 Å². The first-order chi connectivity index (χ1) is 8.52. The number of hydrogen-bond acceptors (Lipinski definition) is 5. The van der Waals surface area contributed by atoms with Gasteiger partial charge in [0.2, 0.25) is 5.91 Å². The van der Waals surface area contributed by atoms with Crippen molar-refractivity contribution < 1.29 is 15.0 Å². The SMILES string of the molecule is NC1C(=O)Nc2cc(SCC(O)CO)c(Br)cc21. The molecule has 0 fully saturated rings. The summed E-state index contributed by atoms with van der Waals surface area (Å²) in [5.74, 6) is 0.169. The number of nitrogens with one attached hydrogen (secondary N) is 1. The number of rotatable bonds is 4. The van der Waals surface area contributed by atoms with Crippen molar-refractivity contribution in [2.45, 2.75) is 17.0 Å². The zero-order valence-corrected chi connectivity index (χ0v) is 11.8. The summed E-state index contributed by atoms with van der Waals surface area (Å²) < 4.78 is 0.823. The highest BCUT2D eigenvalue weighted by atomic mass is 79.9. The molecule has 18 heavy (non-hydrogen) atoms. The molecule has 1 aliphatic heterocycles. The van der Waals surface area contributed by atoms with Crippen LogP contribution in [0.5, 0.6) is 0 Å². The van der Waals surface area contributed by atoms with Gasteiger partial charge in [-0.1, -0.05) is 0 Å². The van der Waals surface area contributed by atoms with E-state index < -0.39 is 12.1 Å². The van der Waals surface area contributed by atoms with Gasteiger partial charge in [0.1, 0.15) is 6.04 Å². The number of aliphatic hydroxyl groups is 2. The standard InChI is InChI=1S/C11H13BrN2O3S/c12-7-1-6-8(14-11(17)10(6)13)2-9(7)18-4-5(16)3-15/h1-2,5,10,15-16H,3-4,13H2,(H,14,17). The van der Waals surface area contributed by atoms with Crippen molar-refractivity contribution in [2.75, 3.05) is 17.7 Å². The third-order valence-corrected chi connectivity index (χ3v) is 4.74. The van der Waals surface area contributed by atoms with Crippen LogP contribution in [-0.4, -0.2) is 34.6 Å². The van der Waals surface area contributed by atoms with E-state index in [9.17, 15) is 9.90 Å². The van der Waals surface area contributed by atoms with Crippen LogP contribution in [0.1, 0.15) is 11.6 Å². The van der Waals surface area contributed by atoms with Crippen LogP contribution in [0.2, 0.25) is 0 Å². The third-order valence-electron chi connectivity index (χ3n) is 2.62. The van der Waals surface area contributed by atoms with E-state index in [-0.39, 0.29) is 12.5 Å². The lowest BCUT2D eigenvalue weighted by Gasteiger charge is -2.10. The molecule has 0 spiro atoms. The Morgan fingerprint density at radius 2 is 2.28 bits per heavy atom. The number of carbonyl (C=O) groups is 1. The lowest BCUT2D eigenvalue weighted by atomic mass is 10.1. The number of aliphatic hydroxyl groups excluding tert-OH is 2. The average molecular weight is 333 g/mol. The van der Waals surface area contributed by atoms with Crippen molar-refractivity contribution in [1.29, 1.82) is 0 Å². The minimum Gasteiger partial charge on any atom is -0.394 e. The smallest absolute Gasteiger partial charge is 0.245 e. The Kier molecular flexibility index (Phi) is 4.29. The van der Waals surface area contributed by atoms with Gasteiger partial charge in [0.15, 0.2) is 0 Å². The molecular weight excluding hydrogens is 320 g/mol. The molecule has 0 radical (unpaired) electrons. The van der Waals surface area contributed by atoms with Gasteiger partial charge in [-0.2, -0.15) is 0 Å². The maximum absolute atomic E-state index is 11.4. The fraction of sp³-hybridized carbons (Fsp3) is 0.364. The highest BCUT2D eigenvalue weighted by molar-refractivity contribution is 9.10. The van der Waals surface area contributed by atoms with Gasteiger partial charge in [-0.3, -0.25) is 4.79 Å². The molecule has 5 nitrogen and oxygen atoms in total. The van der Waals surface area contributed by atoms with Crippen LogP contribution in [0, 0.1) is 0 Å². The first-order valence-electron chi connectivity index (χ1n) is 5.34. The Morgan fingerprint density at radius 1 is 1.56 bits per heavy atom. The van der Waals surface area contributed by atoms with Gasteiger partial charge >= 0.3 is 0 Å². The lowest BCUT2D eigenvalue weighted by molar-refractivity contribution is -0.116. The molecule has 2 atom stereocenters. The Balaban J connectivity index is 2.19. The second kappa shape index (κ2) is 5.58. The van der Waals surface area contributed by atoms with Crippen LogP contribution >= 0.6 is 27.7 Å². The number of carbonyl (C=O) groups excluding carboxylic acids is 1. The molecular formula is C11H13BrN2O3S. The highest BCUT2D eigenvalue weighted by Crippen LogP contribution is 2.38. The topological polar surface area (TPSA) is 95.6 Å². The average Bonchev–Trinajstić information content (AvgIpc) is 2.62. The molecule has 0 aliphatic carbocycles. The fourth-order valence-electron chi connectivity index (χ4n) is 1.64. The predicted octanol–water partition coefficient (Wildman–Crippen LogP) is 0.846. The molecule has 0 saturated carbocycles. The van der Waals surface area contributed by atoms with Crippen molar-refractivity contribution in [3.8, 4) is 0 Å². The molecule has 1 aromatic carbocycles. The van der Waals surface area contributed by atoms with Gasteiger partial charge in [0.05, 0.1) is 12.7 Å². The summed E-state index contributed by atoms with van der Waals surface area (Å²) in [6, 6.07) is 3.00. The van der Waals surface area contributed by atoms with Crippen LogP contribution in [0.15, 0.2) is 21.5 Å². The number of nitrogens with two attached hydrogens (primary N) is 1. The molecule has 0 saturated heterocycles. The molecule has 98 valence electrons. The second-order valence-corrected chi connectivity index (χ2v) is 5.90. The van der Waals surface area contributed by atoms with E-state index in [1.54, 1.807) is 0 Å². The van der Waals surface area contributed by atoms with E-state index in [1.807, 2.05) is 12.1 Å². The fourth-order valence-corrected chi connectivity index (χ4v) is 3.22. The minimum atomic E-state index is -0.757. The third kappa shape index (κ3) is 2.70. The maximum atomic E-state index is 11.4. The number of anilines is 1. The number of benzene rings is 1. The van der Waals surface area contributed by atoms with Crippen molar-refractivity contribution in [2.24, 2.45) is 5.73 Å². The molecule has 7 heteroatoms. The minimum absolute atomic E-state index is 0.213. The summed E-state index contributed by atoms with van der Waals surface area (Å²) in [5, 5.41) is 20.8. The highest BCUT2D eigenvalue weighted by Gasteiger charge is 2.28. The number of amides is 1. The number of hydrogen-bond donors (Lipinski definition) is 4. The van der Waals surface area contributed by atoms with Crippen LogP contribution < -0.4 is 11.1 Å². The van der Waals surface area contributed by atoms with E-state index in [2.05, 4.69) is 21.2 Å². The summed E-state index contributed by atoms with van der Waals surface area (Å²) in [6.45, 7) is -0.267. The largest absolute Gasteiger partial charge is 0.394 e. The van der Waals surface area contributed by atoms with Gasteiger partial charge in [0.25, 0.3) is 0 Å². The van der Waals surface area contributed by atoms with Gasteiger partial charge in [-0.05, 0) is 28.1 Å². The summed E-state index contributed by atoms with van der Waals surface area (Å²) in [7, 11) is 0. The van der Waals surface area contributed by atoms with E-state index in [0.717, 1.165) is 14.9 Å². The lowest BCUT2D eigenvalue weighted by Crippen LogP contribution is -2.19. The Bertz CT molecular complexity index is 484. The monoisotopic (exact) mass is 332 g/mol. The molecule has 1 heterocycles. The van der Waals surface area contributed by atoms with Crippen LogP contribution in [0.4, 0.5) is 5.69 Å². The Hall–Kier alpha value is -0.600. The van der Waals surface area contributed by atoms with Gasteiger partial charge < -0.3 is 21.3 Å². The van der Waals surface area contributed by atoms with Crippen LogP contribution in [0.3, 0.4) is 0 Å². The predicted molar refractivity (Wildman–Crippen MR) is 73.5 cm³/mol. The normalized spacial score (nSPS) is 19.6. The molecule has 0 aromatic heterocycles. The van der Waals surface area contributed by atoms with E-state index in [0.29, 0.717) is 11.4 Å². The summed E-state index contributed by atoms with van der Waals surface area (Å²) in [4.78, 5) is 12.3. The van der Waals surface area contributed by atoms with Gasteiger partial charge in [-0.25, -0.2) is 0 Å². The first kappa shape index (κ1) is 13.8. The van der Waals surface area contributed by atoms with Gasteiger partial charge in [0, 0.05) is 26.4 Å². The molecule has 1 amide bonds. The zero-order valence-electron chi connectivity index (χ0n) is 9.39. The number of fused-ring (bicyclic) bond motifs is 1. The molecule has 2 rings (SSSR count). The molecule has 1 aromatic rings. The second-order valence-electron chi connectivity index (χ2n) is 3.98. The van der Waals surface area contributed by atoms with E-state index in [1.165, 1.54) is 11.8 Å². The van der Waals surface area contributed by atoms with Crippen molar-refractivity contribution in [3.05, 3.63) is 22.2 Å². The zero-order chi connectivity index (χ0) is 13.3. The van der Waals surface area contributed by atoms with E-state index >= 15 is 0 Å². The van der Waals surface area contributed by atoms with Gasteiger partial charge in [-0.15, -0.1) is 11.8 Å². The maximum Gasteiger partial charge on any atom is 0.245 e. The Morgan fingerprint density at radius 3 is 2.94 bits per heavy atom. The number of halogens is 1. The van der Waals surface area contributed by atoms with Crippen LogP contribution in [-0.2, 0) is 4.79 Å². The van der Waals surface area contributed by atoms with Crippen LogP contribution in [0.25, 0.3) is 0 Å². The summed E-state index contributed by atoms with van der Waals surface area (Å²) in [6.07, 6.45) is -0.757. The van der Waals surface area contributed by atoms with Crippen molar-refractivity contribution in [3.63, 3.8) is 0 Å². The summed E-state index contributed by atoms with van der Waals surface area (Å²) in [5.41, 5.74) is 7.21. The van der Waals surface area contributed by atoms with Crippen molar-refractivity contribution in [1.82, 2.24) is 0 Å². The Labute approximate surface area is 117 Å². The molecule has 2 unspecified atom stereocenters. The molecule has 0 bridgehead atoms. The first-order valence-corrected chi connectivity index (χ1v) is 7.12. The quantitative estimate of drug-likeness (QED) is 0.613. The molecule has 5 N–H and O–H groups in total.